The van der Waals surface area contributed by atoms with Crippen molar-refractivity contribution in [2.24, 2.45) is 35.0 Å². The normalized spacial score (nSPS) is 15.7. The fourth-order valence-corrected chi connectivity index (χ4v) is 9.38. The lowest BCUT2D eigenvalue weighted by atomic mass is 10.00. The van der Waals surface area contributed by atoms with Crippen LogP contribution in [0.2, 0.25) is 0 Å². The summed E-state index contributed by atoms with van der Waals surface area (Å²) in [6.45, 7) is 8.19. The number of nitrogens with two attached hydrogens (primary N) is 3. The van der Waals surface area contributed by atoms with Crippen LogP contribution in [-0.4, -0.2) is 217 Å². The number of carbonyl (C=O) groups excluding carboxylic acids is 12. The van der Waals surface area contributed by atoms with Gasteiger partial charge in [0.15, 0.2) is 0 Å². The van der Waals surface area contributed by atoms with Crippen molar-refractivity contribution in [1.82, 2.24) is 68.0 Å². The lowest BCUT2D eigenvalue weighted by Crippen LogP contribution is -2.61. The number of likely N-dealkylation sites (tertiary alicyclic amines) is 1. The molecule has 10 atom stereocenters. The summed E-state index contributed by atoms with van der Waals surface area (Å²) in [7, 11) is 0. The molecule has 0 bridgehead atoms. The molecule has 0 saturated carbocycles. The molecular weight excluding hydrogens is 1220 g/mol. The molecule has 1 aromatic heterocycles. The van der Waals surface area contributed by atoms with E-state index >= 15 is 0 Å². The van der Waals surface area contributed by atoms with Crippen molar-refractivity contribution in [3.05, 3.63) is 18.2 Å². The maximum atomic E-state index is 14.4. The Morgan fingerprint density at radius 1 is 0.576 bits per heavy atom. The summed E-state index contributed by atoms with van der Waals surface area (Å²) in [4.78, 5) is 216. The molecule has 0 aromatic carbocycles. The van der Waals surface area contributed by atoms with Gasteiger partial charge in [0.2, 0.25) is 70.9 Å². The van der Waals surface area contributed by atoms with Crippen molar-refractivity contribution in [2.75, 3.05) is 26.2 Å². The molecular formula is C56H90N16O20. The van der Waals surface area contributed by atoms with E-state index in [0.717, 1.165) is 4.90 Å². The number of hydrogen-bond donors (Lipinski definition) is 18. The first kappa shape index (κ1) is 78.7. The smallest absolute Gasteiger partial charge is 0.326 e. The van der Waals surface area contributed by atoms with Crippen molar-refractivity contribution in [3.8, 4) is 0 Å². The monoisotopic (exact) mass is 1310 g/mol. The van der Waals surface area contributed by atoms with Crippen LogP contribution in [0.5, 0.6) is 0 Å². The van der Waals surface area contributed by atoms with E-state index in [9.17, 15) is 92.0 Å². The van der Waals surface area contributed by atoms with E-state index in [1.807, 2.05) is 0 Å². The highest BCUT2D eigenvalue weighted by atomic mass is 16.4. The van der Waals surface area contributed by atoms with E-state index in [2.05, 4.69) is 63.1 Å². The summed E-state index contributed by atoms with van der Waals surface area (Å²) in [5, 5.41) is 61.7. The summed E-state index contributed by atoms with van der Waals surface area (Å²) in [5.74, 6) is -18.7. The van der Waals surface area contributed by atoms with Crippen LogP contribution in [-0.2, 0) is 83.1 Å². The van der Waals surface area contributed by atoms with Crippen LogP contribution in [0.3, 0.4) is 0 Å². The summed E-state index contributed by atoms with van der Waals surface area (Å²) in [5.41, 5.74) is 17.0. The highest BCUT2D eigenvalue weighted by Gasteiger charge is 2.41. The molecule has 36 nitrogen and oxygen atoms in total. The Labute approximate surface area is 529 Å². The van der Waals surface area contributed by atoms with E-state index < -0.39 is 225 Å². The van der Waals surface area contributed by atoms with E-state index in [4.69, 9.17) is 22.3 Å². The molecule has 2 rings (SSSR count). The van der Waals surface area contributed by atoms with Crippen LogP contribution in [0.1, 0.15) is 131 Å². The number of primary amides is 1. The first-order valence-corrected chi connectivity index (χ1v) is 30.0. The Hall–Kier alpha value is -9.35. The molecule has 1 aliphatic rings. The minimum Gasteiger partial charge on any atom is -0.481 e. The Kier molecular flexibility index (Phi) is 34.0. The average Bonchev–Trinajstić information content (AvgIpc) is 1.64. The van der Waals surface area contributed by atoms with Gasteiger partial charge in [-0.25, -0.2) is 9.78 Å². The van der Waals surface area contributed by atoms with E-state index in [-0.39, 0.29) is 44.6 Å². The Morgan fingerprint density at radius 3 is 1.64 bits per heavy atom. The number of aromatic amines is 1. The number of aliphatic carboxylic acids is 4. The number of hydrogen-bond acceptors (Lipinski definition) is 19. The maximum Gasteiger partial charge on any atom is 0.326 e. The van der Waals surface area contributed by atoms with Gasteiger partial charge in [-0.3, -0.25) is 71.9 Å². The predicted octanol–water partition coefficient (Wildman–Crippen LogP) is -5.58. The zero-order chi connectivity index (χ0) is 69.5. The van der Waals surface area contributed by atoms with Gasteiger partial charge in [-0.05, 0) is 75.7 Å². The summed E-state index contributed by atoms with van der Waals surface area (Å²) >= 11 is 0. The second-order valence-corrected chi connectivity index (χ2v) is 23.2. The van der Waals surface area contributed by atoms with Crippen LogP contribution < -0.4 is 70.4 Å². The van der Waals surface area contributed by atoms with Crippen molar-refractivity contribution < 1.29 is 97.1 Å². The minimum absolute atomic E-state index is 0.0103. The molecule has 92 heavy (non-hydrogen) atoms. The molecule has 1 fully saturated rings. The van der Waals surface area contributed by atoms with Gasteiger partial charge in [0.25, 0.3) is 0 Å². The highest BCUT2D eigenvalue weighted by molar-refractivity contribution is 5.99. The van der Waals surface area contributed by atoms with Crippen molar-refractivity contribution in [3.63, 3.8) is 0 Å². The molecule has 21 N–H and O–H groups in total. The largest absolute Gasteiger partial charge is 0.481 e. The maximum absolute atomic E-state index is 14.4. The number of amides is 12. The third-order valence-corrected chi connectivity index (χ3v) is 14.3. The topological polar surface area (TPSA) is 584 Å². The second kappa shape index (κ2) is 39.7. The number of carboxylic acid groups (broad SMARTS) is 4. The van der Waals surface area contributed by atoms with Crippen LogP contribution in [0.15, 0.2) is 12.5 Å². The third kappa shape index (κ3) is 28.6. The summed E-state index contributed by atoms with van der Waals surface area (Å²) in [6.07, 6.45) is -0.328. The molecule has 12 amide bonds. The molecule has 1 aliphatic heterocycles. The van der Waals surface area contributed by atoms with Gasteiger partial charge in [0, 0.05) is 44.1 Å². The van der Waals surface area contributed by atoms with Gasteiger partial charge in [-0.15, -0.1) is 0 Å². The zero-order valence-corrected chi connectivity index (χ0v) is 52.3. The molecule has 0 aliphatic carbocycles. The van der Waals surface area contributed by atoms with Gasteiger partial charge in [-0.2, -0.15) is 0 Å². The van der Waals surface area contributed by atoms with Crippen molar-refractivity contribution >= 4 is 94.8 Å². The van der Waals surface area contributed by atoms with Gasteiger partial charge < -0.3 is 101 Å². The standard InChI is InChI=1S/C56H90N16O20/c1-27(2)20-35(50(85)66-34(56(91)92)14-17-43(78)79)68-51(86)36(21-30-23-60-26-63-30)69-54(89)46(29(5)6)71-52(87)38-11-9-19-72(38)55(90)33(13-16-42(76)77)65-49(84)32(12-15-39(59)73)64-40(74)24-62-53(88)45(28(3)4)70-41(75)25-61-48(83)37(22-44(80)81)67-47(82)31(58)10-7-8-18-57/h23,26-29,31-38,45-46H,7-22,24-25,57-58H2,1-6H3,(H2,59,73)(H,60,63)(H,61,83)(H,62,88)(H,64,74)(H,65,84)(H,66,85)(H,67,82)(H,68,86)(H,69,89)(H,70,75)(H,71,87)(H,76,77)(H,78,79)(H,80,81)(H,91,92)/t31-,32-,33-,34-,35-,36-,37-,38-,45-,46-/m0/s1. The number of H-pyrrole nitrogens is 1. The fourth-order valence-electron chi connectivity index (χ4n) is 9.38. The number of nitrogens with zero attached hydrogens (tertiary/aromatic N) is 2. The predicted molar refractivity (Wildman–Crippen MR) is 321 cm³/mol. The molecule has 514 valence electrons. The van der Waals surface area contributed by atoms with Crippen LogP contribution in [0.25, 0.3) is 0 Å². The number of unbranched alkanes of at least 4 members (excludes halogenated alkanes) is 1. The van der Waals surface area contributed by atoms with Crippen LogP contribution >= 0.6 is 0 Å². The summed E-state index contributed by atoms with van der Waals surface area (Å²) in [6, 6.07) is -14.6. The number of aromatic nitrogens is 2. The fraction of sp³-hybridized carbons (Fsp3) is 0.661. The van der Waals surface area contributed by atoms with E-state index in [1.165, 1.54) is 26.4 Å². The number of carboxylic acids is 4. The van der Waals surface area contributed by atoms with Gasteiger partial charge in [0.1, 0.15) is 54.4 Å². The molecule has 1 aromatic rings. The van der Waals surface area contributed by atoms with Gasteiger partial charge >= 0.3 is 23.9 Å². The lowest BCUT2D eigenvalue weighted by Gasteiger charge is -2.31. The lowest BCUT2D eigenvalue weighted by molar-refractivity contribution is -0.144. The summed E-state index contributed by atoms with van der Waals surface area (Å²) < 4.78 is 0. The van der Waals surface area contributed by atoms with Crippen molar-refractivity contribution in [2.45, 2.75) is 192 Å². The number of imidazole rings is 1. The number of rotatable bonds is 43. The zero-order valence-electron chi connectivity index (χ0n) is 52.3. The van der Waals surface area contributed by atoms with E-state index in [0.29, 0.717) is 25.1 Å². The first-order chi connectivity index (χ1) is 43.1. The van der Waals surface area contributed by atoms with Crippen LogP contribution in [0.4, 0.5) is 0 Å². The second-order valence-electron chi connectivity index (χ2n) is 23.2. The molecule has 0 radical (unpaired) electrons. The number of nitrogens with one attached hydrogen (secondary N) is 11. The van der Waals surface area contributed by atoms with E-state index in [1.54, 1.807) is 27.7 Å². The number of carbonyl (C=O) groups is 16. The van der Waals surface area contributed by atoms with Gasteiger partial charge in [-0.1, -0.05) is 48.0 Å². The van der Waals surface area contributed by atoms with Crippen LogP contribution in [0, 0.1) is 17.8 Å². The average molecular weight is 1310 g/mol. The molecule has 36 heteroatoms. The quantitative estimate of drug-likeness (QED) is 0.0271. The Bertz CT molecular complexity index is 2760. The van der Waals surface area contributed by atoms with Gasteiger partial charge in [0.05, 0.1) is 31.9 Å². The molecule has 1 saturated heterocycles. The molecule has 2 heterocycles. The molecule has 0 spiro atoms. The highest BCUT2D eigenvalue weighted by Crippen LogP contribution is 2.21. The first-order valence-electron chi connectivity index (χ1n) is 30.0. The van der Waals surface area contributed by atoms with Crippen molar-refractivity contribution in [1.29, 1.82) is 0 Å². The SMILES string of the molecule is CC(C)C[C@H](NC(=O)[C@H](Cc1cnc[nH]1)NC(=O)[C@@H](NC(=O)[C@@H]1CCCN1C(=O)[C@H](CCC(=O)O)NC(=O)[C@H](CCC(N)=O)NC(=O)CNC(=O)[C@@H](NC(=O)CNC(=O)[C@H](CC(=O)O)NC(=O)[C@@H](N)CCCCN)C(C)C)C(C)C)C(=O)N[C@@H](CCC(=O)O)C(=O)O. The Morgan fingerprint density at radius 2 is 1.10 bits per heavy atom. The molecule has 0 unspecified atom stereocenters. The third-order valence-electron chi connectivity index (χ3n) is 14.3. The minimum atomic E-state index is -1.69. The Balaban J connectivity index is 2.28.